The lowest BCUT2D eigenvalue weighted by Gasteiger charge is -2.28. The Morgan fingerprint density at radius 2 is 1.37 bits per heavy atom. The lowest BCUT2D eigenvalue weighted by Crippen LogP contribution is -2.53. The van der Waals surface area contributed by atoms with Crippen LogP contribution in [0.15, 0.2) is 91.0 Å². The zero-order valence-corrected chi connectivity index (χ0v) is 24.2. The first-order valence-corrected chi connectivity index (χ1v) is 14.0. The largest absolute Gasteiger partial charge is 0.445 e. The summed E-state index contributed by atoms with van der Waals surface area (Å²) in [6, 6.07) is 23.1. The van der Waals surface area contributed by atoms with Crippen molar-refractivity contribution in [2.24, 2.45) is 17.6 Å². The fourth-order valence-electron chi connectivity index (χ4n) is 4.56. The minimum Gasteiger partial charge on any atom is -0.445 e. The van der Waals surface area contributed by atoms with Gasteiger partial charge in [-0.3, -0.25) is 14.4 Å². The standard InChI is InChI=1S/C33H37F2N3O5/c1-22(2)29(38-28(39)20-37-32(42)43-21-24-14-8-4-9-15-24)30(40)26(18-23-12-6-3-7-13-23)31(41)33(34,35)19-27(36)25-16-10-5-11-17-25/h3-17,22,26-27,29H,18-21,36H2,1-2H3,(H,37,42)(H,38,39)/t26-,27?,29-/m0/s1. The monoisotopic (exact) mass is 593 g/mol. The molecule has 0 radical (unpaired) electrons. The zero-order chi connectivity index (χ0) is 31.4. The first-order chi connectivity index (χ1) is 20.5. The number of carbonyl (C=O) groups excluding carboxylic acids is 4. The highest BCUT2D eigenvalue weighted by molar-refractivity contribution is 6.08. The third kappa shape index (κ3) is 10.1. The lowest BCUT2D eigenvalue weighted by atomic mass is 9.81. The molecule has 2 amide bonds. The van der Waals surface area contributed by atoms with Crippen molar-refractivity contribution >= 4 is 23.6 Å². The van der Waals surface area contributed by atoms with Crippen LogP contribution in [-0.4, -0.2) is 42.1 Å². The molecule has 3 atom stereocenters. The van der Waals surface area contributed by atoms with Gasteiger partial charge in [0, 0.05) is 12.5 Å². The Balaban J connectivity index is 1.72. The van der Waals surface area contributed by atoms with Crippen LogP contribution in [0.3, 0.4) is 0 Å². The average molecular weight is 594 g/mol. The van der Waals surface area contributed by atoms with E-state index in [-0.39, 0.29) is 13.0 Å². The van der Waals surface area contributed by atoms with Crippen LogP contribution in [0, 0.1) is 11.8 Å². The maximum Gasteiger partial charge on any atom is 0.407 e. The van der Waals surface area contributed by atoms with Gasteiger partial charge in [0.25, 0.3) is 0 Å². The van der Waals surface area contributed by atoms with Gasteiger partial charge in [-0.05, 0) is 29.0 Å². The van der Waals surface area contributed by atoms with E-state index in [1.807, 2.05) is 6.07 Å². The van der Waals surface area contributed by atoms with Crippen LogP contribution < -0.4 is 16.4 Å². The number of carbonyl (C=O) groups is 4. The summed E-state index contributed by atoms with van der Waals surface area (Å²) in [5, 5.41) is 4.81. The van der Waals surface area contributed by atoms with Crippen molar-refractivity contribution in [3.63, 3.8) is 0 Å². The molecule has 0 saturated heterocycles. The summed E-state index contributed by atoms with van der Waals surface area (Å²) in [6.07, 6.45) is -2.11. The molecule has 0 aliphatic rings. The number of ether oxygens (including phenoxy) is 1. The number of alkyl carbamates (subject to hydrolysis) is 1. The number of benzene rings is 3. The molecule has 0 aliphatic carbocycles. The minimum absolute atomic E-state index is 0.00713. The van der Waals surface area contributed by atoms with E-state index in [4.69, 9.17) is 10.5 Å². The molecule has 3 aromatic carbocycles. The Morgan fingerprint density at radius 3 is 1.93 bits per heavy atom. The SMILES string of the molecule is CC(C)[C@H](NC(=O)CNC(=O)OCc1ccccc1)C(=O)[C@H](Cc1ccccc1)C(=O)C(F)(F)CC(N)c1ccccc1. The molecule has 0 fully saturated rings. The topological polar surface area (TPSA) is 128 Å². The van der Waals surface area contributed by atoms with Gasteiger partial charge in [0.2, 0.25) is 11.7 Å². The molecule has 3 aromatic rings. The van der Waals surface area contributed by atoms with Crippen molar-refractivity contribution in [3.8, 4) is 0 Å². The van der Waals surface area contributed by atoms with Crippen LogP contribution in [0.4, 0.5) is 13.6 Å². The van der Waals surface area contributed by atoms with Gasteiger partial charge in [-0.15, -0.1) is 0 Å². The van der Waals surface area contributed by atoms with E-state index in [2.05, 4.69) is 10.6 Å². The van der Waals surface area contributed by atoms with Crippen molar-refractivity contribution in [2.45, 2.75) is 51.3 Å². The zero-order valence-electron chi connectivity index (χ0n) is 24.2. The first-order valence-electron chi connectivity index (χ1n) is 14.0. The van der Waals surface area contributed by atoms with Gasteiger partial charge in [-0.25, -0.2) is 4.79 Å². The number of alkyl halides is 2. The highest BCUT2D eigenvalue weighted by atomic mass is 19.3. The number of hydrogen-bond donors (Lipinski definition) is 3. The molecule has 0 heterocycles. The number of hydrogen-bond acceptors (Lipinski definition) is 6. The van der Waals surface area contributed by atoms with Gasteiger partial charge >= 0.3 is 12.0 Å². The second kappa shape index (κ2) is 15.7. The predicted octanol–water partition coefficient (Wildman–Crippen LogP) is 4.78. The summed E-state index contributed by atoms with van der Waals surface area (Å²) in [4.78, 5) is 51.9. The number of nitrogens with one attached hydrogen (secondary N) is 2. The molecule has 228 valence electrons. The number of ketones is 2. The van der Waals surface area contributed by atoms with E-state index >= 15 is 8.78 Å². The Morgan fingerprint density at radius 1 is 0.837 bits per heavy atom. The maximum absolute atomic E-state index is 15.5. The fraction of sp³-hybridized carbons (Fsp3) is 0.333. The van der Waals surface area contributed by atoms with Crippen LogP contribution in [0.5, 0.6) is 0 Å². The number of amides is 2. The molecule has 0 aromatic heterocycles. The third-order valence-corrected chi connectivity index (χ3v) is 6.90. The van der Waals surface area contributed by atoms with E-state index in [9.17, 15) is 19.2 Å². The normalized spacial score (nSPS) is 13.4. The minimum atomic E-state index is -3.92. The van der Waals surface area contributed by atoms with Gasteiger partial charge in [0.05, 0.1) is 12.0 Å². The van der Waals surface area contributed by atoms with Crippen molar-refractivity contribution in [1.29, 1.82) is 0 Å². The summed E-state index contributed by atoms with van der Waals surface area (Å²) in [5.74, 6) is -9.37. The van der Waals surface area contributed by atoms with Crippen LogP contribution in [-0.2, 0) is 32.1 Å². The number of nitrogens with two attached hydrogens (primary N) is 1. The molecule has 3 rings (SSSR count). The summed E-state index contributed by atoms with van der Waals surface area (Å²) < 4.78 is 36.0. The Kier molecular flexibility index (Phi) is 12.1. The fourth-order valence-corrected chi connectivity index (χ4v) is 4.56. The lowest BCUT2D eigenvalue weighted by molar-refractivity contribution is -0.153. The van der Waals surface area contributed by atoms with Crippen LogP contribution in [0.2, 0.25) is 0 Å². The Bertz CT molecular complexity index is 1350. The van der Waals surface area contributed by atoms with Crippen LogP contribution in [0.1, 0.15) is 43.0 Å². The molecule has 0 spiro atoms. The number of Topliss-reactive ketones (excluding diaryl/α,β-unsaturated/α-hetero) is 2. The molecule has 8 nitrogen and oxygen atoms in total. The van der Waals surface area contributed by atoms with Gasteiger partial charge < -0.3 is 21.1 Å². The molecular weight excluding hydrogens is 556 g/mol. The molecule has 0 saturated carbocycles. The third-order valence-electron chi connectivity index (χ3n) is 6.90. The second-order valence-corrected chi connectivity index (χ2v) is 10.6. The van der Waals surface area contributed by atoms with Crippen molar-refractivity contribution < 1.29 is 32.7 Å². The summed E-state index contributed by atoms with van der Waals surface area (Å²) >= 11 is 0. The molecule has 0 aliphatic heterocycles. The molecule has 1 unspecified atom stereocenters. The predicted molar refractivity (Wildman–Crippen MR) is 158 cm³/mol. The van der Waals surface area contributed by atoms with Gasteiger partial charge in [0.15, 0.2) is 5.78 Å². The van der Waals surface area contributed by atoms with Gasteiger partial charge in [-0.1, -0.05) is 105 Å². The Hall–Kier alpha value is -4.44. The van der Waals surface area contributed by atoms with E-state index in [0.29, 0.717) is 11.1 Å². The van der Waals surface area contributed by atoms with Crippen molar-refractivity contribution in [3.05, 3.63) is 108 Å². The smallest absolute Gasteiger partial charge is 0.407 e. The van der Waals surface area contributed by atoms with Crippen molar-refractivity contribution in [2.75, 3.05) is 6.54 Å². The Labute approximate surface area is 250 Å². The molecular formula is C33H37F2N3O5. The summed E-state index contributed by atoms with van der Waals surface area (Å²) in [5.41, 5.74) is 7.71. The molecule has 43 heavy (non-hydrogen) atoms. The number of halogens is 2. The molecule has 10 heteroatoms. The van der Waals surface area contributed by atoms with Crippen LogP contribution in [0.25, 0.3) is 0 Å². The molecule has 0 bridgehead atoms. The highest BCUT2D eigenvalue weighted by Crippen LogP contribution is 2.32. The van der Waals surface area contributed by atoms with E-state index in [0.717, 1.165) is 5.56 Å². The summed E-state index contributed by atoms with van der Waals surface area (Å²) in [6.45, 7) is 2.71. The molecule has 4 N–H and O–H groups in total. The van der Waals surface area contributed by atoms with Crippen LogP contribution >= 0.6 is 0 Å². The highest BCUT2D eigenvalue weighted by Gasteiger charge is 2.48. The second-order valence-electron chi connectivity index (χ2n) is 10.6. The van der Waals surface area contributed by atoms with E-state index < -0.39 is 66.4 Å². The quantitative estimate of drug-likeness (QED) is 0.218. The van der Waals surface area contributed by atoms with E-state index in [1.54, 1.807) is 98.8 Å². The van der Waals surface area contributed by atoms with Crippen molar-refractivity contribution in [1.82, 2.24) is 10.6 Å². The average Bonchev–Trinajstić information content (AvgIpc) is 3.00. The summed E-state index contributed by atoms with van der Waals surface area (Å²) in [7, 11) is 0. The van der Waals surface area contributed by atoms with E-state index in [1.165, 1.54) is 0 Å². The first kappa shape index (κ1) is 33.1. The van der Waals surface area contributed by atoms with Gasteiger partial charge in [0.1, 0.15) is 13.2 Å². The number of rotatable bonds is 15. The maximum atomic E-state index is 15.5. The van der Waals surface area contributed by atoms with Gasteiger partial charge in [-0.2, -0.15) is 8.78 Å².